The predicted molar refractivity (Wildman–Crippen MR) is 94.5 cm³/mol. The summed E-state index contributed by atoms with van der Waals surface area (Å²) in [5.41, 5.74) is 0.340. The van der Waals surface area contributed by atoms with E-state index in [1.54, 1.807) is 0 Å². The maximum absolute atomic E-state index is 12.4. The van der Waals surface area contributed by atoms with Crippen LogP contribution in [-0.2, 0) is 4.79 Å². The maximum atomic E-state index is 12.4. The van der Waals surface area contributed by atoms with E-state index < -0.39 is 0 Å². The van der Waals surface area contributed by atoms with Crippen molar-refractivity contribution in [2.24, 2.45) is 17.3 Å². The van der Waals surface area contributed by atoms with Crippen LogP contribution >= 0.6 is 0 Å². The molecule has 2 heteroatoms. The van der Waals surface area contributed by atoms with E-state index in [0.717, 1.165) is 36.5 Å². The van der Waals surface area contributed by atoms with Crippen molar-refractivity contribution in [3.05, 3.63) is 42.5 Å². The molecule has 3 rings (SSSR count). The average Bonchev–Trinajstić information content (AvgIpc) is 2.54. The molecule has 0 N–H and O–H groups in total. The van der Waals surface area contributed by atoms with Crippen molar-refractivity contribution in [2.75, 3.05) is 0 Å². The monoisotopic (exact) mass is 310 g/mol. The third-order valence-corrected chi connectivity index (χ3v) is 5.22. The molecule has 0 atom stereocenters. The molecule has 0 aromatic heterocycles. The molecule has 1 aliphatic carbocycles. The van der Waals surface area contributed by atoms with E-state index in [9.17, 15) is 4.79 Å². The van der Waals surface area contributed by atoms with E-state index in [2.05, 4.69) is 26.8 Å². The SMILES string of the molecule is CC(C)(C)C1CCC(C(=O)Oc2ccc3ccccc3c2)CC1. The zero-order valence-electron chi connectivity index (χ0n) is 14.3. The van der Waals surface area contributed by atoms with Gasteiger partial charge < -0.3 is 4.74 Å². The summed E-state index contributed by atoms with van der Waals surface area (Å²) in [6.45, 7) is 6.89. The predicted octanol–water partition coefficient (Wildman–Crippen LogP) is 5.60. The highest BCUT2D eigenvalue weighted by molar-refractivity contribution is 5.85. The first-order valence-corrected chi connectivity index (χ1v) is 8.64. The molecule has 0 aliphatic heterocycles. The number of carbonyl (C=O) groups excluding carboxylic acids is 1. The molecule has 23 heavy (non-hydrogen) atoms. The Morgan fingerprint density at radius 1 is 0.957 bits per heavy atom. The van der Waals surface area contributed by atoms with Gasteiger partial charge in [-0.25, -0.2) is 0 Å². The Morgan fingerprint density at radius 2 is 1.61 bits per heavy atom. The molecule has 2 nitrogen and oxygen atoms in total. The van der Waals surface area contributed by atoms with Gasteiger partial charge in [0, 0.05) is 0 Å². The summed E-state index contributed by atoms with van der Waals surface area (Å²) in [7, 11) is 0. The van der Waals surface area contributed by atoms with Crippen LogP contribution in [0.2, 0.25) is 0 Å². The lowest BCUT2D eigenvalue weighted by Crippen LogP contribution is -2.30. The molecule has 0 amide bonds. The normalized spacial score (nSPS) is 22.0. The lowest BCUT2D eigenvalue weighted by atomic mass is 9.70. The number of rotatable bonds is 2. The first kappa shape index (κ1) is 16.0. The van der Waals surface area contributed by atoms with Gasteiger partial charge in [-0.05, 0) is 59.9 Å². The van der Waals surface area contributed by atoms with Crippen molar-refractivity contribution in [3.63, 3.8) is 0 Å². The zero-order valence-corrected chi connectivity index (χ0v) is 14.3. The third kappa shape index (κ3) is 3.74. The maximum Gasteiger partial charge on any atom is 0.314 e. The molecule has 2 aromatic carbocycles. The van der Waals surface area contributed by atoms with Gasteiger partial charge in [0.2, 0.25) is 0 Å². The van der Waals surface area contributed by atoms with Gasteiger partial charge in [-0.3, -0.25) is 4.79 Å². The molecule has 0 spiro atoms. The van der Waals surface area contributed by atoms with E-state index in [1.165, 1.54) is 0 Å². The molecule has 0 saturated heterocycles. The molecule has 1 aliphatic rings. The minimum atomic E-state index is -0.0624. The molecule has 1 saturated carbocycles. The van der Waals surface area contributed by atoms with E-state index >= 15 is 0 Å². The Hall–Kier alpha value is -1.83. The van der Waals surface area contributed by atoms with Crippen molar-refractivity contribution in [2.45, 2.75) is 46.5 Å². The number of fused-ring (bicyclic) bond motifs is 1. The zero-order chi connectivity index (χ0) is 16.4. The van der Waals surface area contributed by atoms with Gasteiger partial charge in [0.25, 0.3) is 0 Å². The lowest BCUT2D eigenvalue weighted by molar-refractivity contribution is -0.140. The van der Waals surface area contributed by atoms with Crippen LogP contribution in [-0.4, -0.2) is 5.97 Å². The molecule has 0 radical (unpaired) electrons. The van der Waals surface area contributed by atoms with Crippen molar-refractivity contribution in [3.8, 4) is 5.75 Å². The molecule has 0 heterocycles. The number of carbonyl (C=O) groups is 1. The van der Waals surface area contributed by atoms with Crippen LogP contribution < -0.4 is 4.74 Å². The summed E-state index contributed by atoms with van der Waals surface area (Å²) >= 11 is 0. The summed E-state index contributed by atoms with van der Waals surface area (Å²) in [4.78, 5) is 12.4. The fourth-order valence-corrected chi connectivity index (χ4v) is 3.63. The summed E-state index contributed by atoms with van der Waals surface area (Å²) in [6.07, 6.45) is 4.16. The number of ether oxygens (including phenoxy) is 1. The van der Waals surface area contributed by atoms with Crippen molar-refractivity contribution in [1.82, 2.24) is 0 Å². The average molecular weight is 310 g/mol. The van der Waals surface area contributed by atoms with Crippen LogP contribution in [0.25, 0.3) is 10.8 Å². The second kappa shape index (κ2) is 6.35. The molecular formula is C21H26O2. The number of benzene rings is 2. The van der Waals surface area contributed by atoms with Crippen molar-refractivity contribution < 1.29 is 9.53 Å². The van der Waals surface area contributed by atoms with Crippen molar-refractivity contribution >= 4 is 16.7 Å². The first-order valence-electron chi connectivity index (χ1n) is 8.64. The Balaban J connectivity index is 1.63. The third-order valence-electron chi connectivity index (χ3n) is 5.22. The van der Waals surface area contributed by atoms with Gasteiger partial charge in [0.1, 0.15) is 5.75 Å². The van der Waals surface area contributed by atoms with E-state index in [4.69, 9.17) is 4.74 Å². The summed E-state index contributed by atoms with van der Waals surface area (Å²) in [6, 6.07) is 14.0. The summed E-state index contributed by atoms with van der Waals surface area (Å²) in [5.74, 6) is 1.37. The second-order valence-electron chi connectivity index (χ2n) is 7.84. The molecule has 122 valence electrons. The smallest absolute Gasteiger partial charge is 0.314 e. The Kier molecular flexibility index (Phi) is 4.43. The minimum Gasteiger partial charge on any atom is -0.426 e. The number of hydrogen-bond acceptors (Lipinski definition) is 2. The van der Waals surface area contributed by atoms with Crippen molar-refractivity contribution in [1.29, 1.82) is 0 Å². The molecule has 0 bridgehead atoms. The van der Waals surface area contributed by atoms with Gasteiger partial charge in [-0.15, -0.1) is 0 Å². The fourth-order valence-electron chi connectivity index (χ4n) is 3.63. The highest BCUT2D eigenvalue weighted by atomic mass is 16.5. The van der Waals surface area contributed by atoms with E-state index in [0.29, 0.717) is 17.1 Å². The topological polar surface area (TPSA) is 26.3 Å². The summed E-state index contributed by atoms with van der Waals surface area (Å²) in [5, 5.41) is 2.27. The van der Waals surface area contributed by atoms with Gasteiger partial charge in [0.05, 0.1) is 5.92 Å². The first-order chi connectivity index (χ1) is 10.9. The van der Waals surface area contributed by atoms with Gasteiger partial charge in [0.15, 0.2) is 0 Å². The Labute approximate surface area is 138 Å². The van der Waals surface area contributed by atoms with E-state index in [1.807, 2.05) is 36.4 Å². The number of hydrogen-bond donors (Lipinski definition) is 0. The highest BCUT2D eigenvalue weighted by Gasteiger charge is 2.33. The molecule has 1 fully saturated rings. The second-order valence-corrected chi connectivity index (χ2v) is 7.84. The standard InChI is InChI=1S/C21H26O2/c1-21(2,3)18-11-8-16(9-12-18)20(22)23-19-13-10-15-6-4-5-7-17(15)14-19/h4-7,10,13-14,16,18H,8-9,11-12H2,1-3H3. The van der Waals surface area contributed by atoms with Crippen LogP contribution in [0.1, 0.15) is 46.5 Å². The quantitative estimate of drug-likeness (QED) is 0.533. The van der Waals surface area contributed by atoms with Crippen LogP contribution in [0.4, 0.5) is 0 Å². The van der Waals surface area contributed by atoms with Crippen LogP contribution in [0.5, 0.6) is 5.75 Å². The van der Waals surface area contributed by atoms with Gasteiger partial charge >= 0.3 is 5.97 Å². The fraction of sp³-hybridized carbons (Fsp3) is 0.476. The largest absolute Gasteiger partial charge is 0.426 e. The highest BCUT2D eigenvalue weighted by Crippen LogP contribution is 2.40. The molecule has 0 unspecified atom stereocenters. The Morgan fingerprint density at radius 3 is 2.26 bits per heavy atom. The van der Waals surface area contributed by atoms with Crippen LogP contribution in [0.15, 0.2) is 42.5 Å². The van der Waals surface area contributed by atoms with E-state index in [-0.39, 0.29) is 11.9 Å². The molecule has 2 aromatic rings. The lowest BCUT2D eigenvalue weighted by Gasteiger charge is -2.36. The summed E-state index contributed by atoms with van der Waals surface area (Å²) < 4.78 is 5.64. The van der Waals surface area contributed by atoms with Gasteiger partial charge in [-0.1, -0.05) is 51.1 Å². The van der Waals surface area contributed by atoms with Crippen LogP contribution in [0, 0.1) is 17.3 Å². The molecular weight excluding hydrogens is 284 g/mol. The van der Waals surface area contributed by atoms with Gasteiger partial charge in [-0.2, -0.15) is 0 Å². The number of esters is 1. The Bertz CT molecular complexity index is 688. The minimum absolute atomic E-state index is 0.0556. The van der Waals surface area contributed by atoms with Crippen LogP contribution in [0.3, 0.4) is 0 Å².